The first-order valence-electron chi connectivity index (χ1n) is 9.29. The second-order valence-corrected chi connectivity index (χ2v) is 7.00. The Balaban J connectivity index is 1.45. The molecule has 1 amide bonds. The van der Waals surface area contributed by atoms with Gasteiger partial charge in [0.05, 0.1) is 6.04 Å². The third-order valence-electron chi connectivity index (χ3n) is 5.20. The zero-order valence-electron chi connectivity index (χ0n) is 15.2. The summed E-state index contributed by atoms with van der Waals surface area (Å²) in [6.07, 6.45) is 1.89. The van der Waals surface area contributed by atoms with Gasteiger partial charge in [-0.05, 0) is 36.1 Å². The molecule has 3 N–H and O–H groups in total. The molecule has 4 aromatic rings. The third kappa shape index (κ3) is 2.79. The summed E-state index contributed by atoms with van der Waals surface area (Å²) in [5.74, 6) is 0.805. The van der Waals surface area contributed by atoms with E-state index in [9.17, 15) is 4.79 Å². The van der Waals surface area contributed by atoms with Crippen LogP contribution in [0.15, 0.2) is 66.7 Å². The van der Waals surface area contributed by atoms with Gasteiger partial charge < -0.3 is 11.1 Å². The summed E-state index contributed by atoms with van der Waals surface area (Å²) in [5, 5.41) is 7.59. The molecule has 0 bridgehead atoms. The van der Waals surface area contributed by atoms with Crippen LogP contribution >= 0.6 is 0 Å². The molecule has 1 unspecified atom stereocenters. The van der Waals surface area contributed by atoms with Gasteiger partial charge in [-0.25, -0.2) is 4.98 Å². The van der Waals surface area contributed by atoms with Crippen molar-refractivity contribution < 1.29 is 4.79 Å². The second-order valence-electron chi connectivity index (χ2n) is 7.00. The van der Waals surface area contributed by atoms with Crippen LogP contribution in [0.2, 0.25) is 0 Å². The van der Waals surface area contributed by atoms with Crippen molar-refractivity contribution in [3.05, 3.63) is 83.4 Å². The Morgan fingerprint density at radius 1 is 1.07 bits per heavy atom. The zero-order valence-corrected chi connectivity index (χ0v) is 15.2. The molecule has 1 aliphatic rings. The van der Waals surface area contributed by atoms with Gasteiger partial charge in [0, 0.05) is 11.1 Å². The Hall–Kier alpha value is -3.67. The topological polar surface area (TPSA) is 85.3 Å². The first-order chi connectivity index (χ1) is 13.7. The van der Waals surface area contributed by atoms with Gasteiger partial charge in [0.2, 0.25) is 0 Å². The number of hydrogen-bond acceptors (Lipinski definition) is 4. The van der Waals surface area contributed by atoms with Crippen LogP contribution in [0.5, 0.6) is 0 Å². The predicted octanol–water partition coefficient (Wildman–Crippen LogP) is 3.40. The number of pyridine rings is 1. The molecule has 2 heterocycles. The van der Waals surface area contributed by atoms with Crippen molar-refractivity contribution in [2.24, 2.45) is 0 Å². The van der Waals surface area contributed by atoms with E-state index in [2.05, 4.69) is 27.5 Å². The molecule has 2 aromatic carbocycles. The maximum absolute atomic E-state index is 12.9. The summed E-state index contributed by atoms with van der Waals surface area (Å²) in [5.41, 5.74) is 10.6. The van der Waals surface area contributed by atoms with Crippen LogP contribution < -0.4 is 11.1 Å². The Labute approximate surface area is 162 Å². The number of benzene rings is 2. The number of nitrogen functional groups attached to an aromatic ring is 1. The lowest BCUT2D eigenvalue weighted by Crippen LogP contribution is -2.27. The van der Waals surface area contributed by atoms with Gasteiger partial charge >= 0.3 is 0 Å². The lowest BCUT2D eigenvalue weighted by Gasteiger charge is -2.14. The normalized spacial score (nSPS) is 15.5. The molecule has 0 radical (unpaired) electrons. The molecule has 0 saturated carbocycles. The quantitative estimate of drug-likeness (QED) is 0.580. The fourth-order valence-electron chi connectivity index (χ4n) is 3.80. The van der Waals surface area contributed by atoms with Crippen LogP contribution in [-0.2, 0) is 6.42 Å². The molecule has 0 aliphatic heterocycles. The average molecular weight is 369 g/mol. The number of carbonyl (C=O) groups is 1. The van der Waals surface area contributed by atoms with Crippen molar-refractivity contribution in [1.29, 1.82) is 0 Å². The summed E-state index contributed by atoms with van der Waals surface area (Å²) in [4.78, 5) is 17.4. The maximum Gasteiger partial charge on any atom is 0.252 e. The molecular weight excluding hydrogens is 350 g/mol. The first-order valence-corrected chi connectivity index (χ1v) is 9.29. The van der Waals surface area contributed by atoms with Crippen LogP contribution in [0.3, 0.4) is 0 Å². The molecule has 2 aromatic heterocycles. The fourth-order valence-corrected chi connectivity index (χ4v) is 3.80. The van der Waals surface area contributed by atoms with E-state index in [4.69, 9.17) is 5.73 Å². The van der Waals surface area contributed by atoms with Gasteiger partial charge in [-0.2, -0.15) is 4.52 Å². The number of nitrogens with zero attached hydrogens (tertiary/aromatic N) is 3. The van der Waals surface area contributed by atoms with Crippen LogP contribution in [0.4, 0.5) is 5.82 Å². The van der Waals surface area contributed by atoms with Crippen molar-refractivity contribution in [2.75, 3.05) is 5.73 Å². The molecule has 5 rings (SSSR count). The van der Waals surface area contributed by atoms with E-state index in [1.807, 2.05) is 42.5 Å². The van der Waals surface area contributed by atoms with Crippen molar-refractivity contribution in [2.45, 2.75) is 18.9 Å². The van der Waals surface area contributed by atoms with Crippen molar-refractivity contribution in [3.63, 3.8) is 0 Å². The highest BCUT2D eigenvalue weighted by Gasteiger charge is 2.24. The van der Waals surface area contributed by atoms with Gasteiger partial charge in [0.15, 0.2) is 11.5 Å². The number of amides is 1. The average Bonchev–Trinajstić information content (AvgIpc) is 3.33. The van der Waals surface area contributed by atoms with Crippen LogP contribution in [0.1, 0.15) is 33.9 Å². The SMILES string of the molecule is Nc1cc(C(=O)NC2CCc3ccccc32)cc2nc(-c3ccccc3)nn12. The number of aryl methyl sites for hydroxylation is 1. The lowest BCUT2D eigenvalue weighted by molar-refractivity contribution is 0.0936. The number of aromatic nitrogens is 3. The highest BCUT2D eigenvalue weighted by Crippen LogP contribution is 2.31. The Morgan fingerprint density at radius 2 is 1.86 bits per heavy atom. The standard InChI is InChI=1S/C22H19N5O/c23-19-12-16(22(28)24-18-11-10-14-6-4-5-9-17(14)18)13-20-25-21(26-27(19)20)15-7-2-1-3-8-15/h1-9,12-13,18H,10-11,23H2,(H,24,28). The summed E-state index contributed by atoms with van der Waals surface area (Å²) >= 11 is 0. The van der Waals surface area contributed by atoms with Crippen molar-refractivity contribution in [3.8, 4) is 11.4 Å². The molecule has 1 aliphatic carbocycles. The summed E-state index contributed by atoms with van der Waals surface area (Å²) < 4.78 is 1.56. The summed E-state index contributed by atoms with van der Waals surface area (Å²) in [6, 6.07) is 21.3. The predicted molar refractivity (Wildman–Crippen MR) is 108 cm³/mol. The van der Waals surface area contributed by atoms with E-state index in [1.165, 1.54) is 11.1 Å². The minimum atomic E-state index is -0.153. The maximum atomic E-state index is 12.9. The van der Waals surface area contributed by atoms with Crippen LogP contribution in [0, 0.1) is 0 Å². The highest BCUT2D eigenvalue weighted by molar-refractivity contribution is 5.96. The highest BCUT2D eigenvalue weighted by atomic mass is 16.1. The smallest absolute Gasteiger partial charge is 0.252 e. The van der Waals surface area contributed by atoms with E-state index in [0.717, 1.165) is 18.4 Å². The first kappa shape index (κ1) is 16.5. The van der Waals surface area contributed by atoms with Crippen LogP contribution in [0.25, 0.3) is 17.0 Å². The number of carbonyl (C=O) groups excluding carboxylic acids is 1. The van der Waals surface area contributed by atoms with Gasteiger partial charge in [-0.1, -0.05) is 54.6 Å². The largest absolute Gasteiger partial charge is 0.384 e. The van der Waals surface area contributed by atoms with Crippen LogP contribution in [-0.4, -0.2) is 20.5 Å². The summed E-state index contributed by atoms with van der Waals surface area (Å²) in [6.45, 7) is 0. The molecule has 6 nitrogen and oxygen atoms in total. The number of rotatable bonds is 3. The van der Waals surface area contributed by atoms with E-state index >= 15 is 0 Å². The fraction of sp³-hybridized carbons (Fsp3) is 0.136. The van der Waals surface area contributed by atoms with E-state index < -0.39 is 0 Å². The monoisotopic (exact) mass is 369 g/mol. The molecule has 1 atom stereocenters. The number of anilines is 1. The minimum absolute atomic E-state index is 0.0268. The van der Waals surface area contributed by atoms with Gasteiger partial charge in [-0.15, -0.1) is 5.10 Å². The molecule has 0 spiro atoms. The molecule has 0 saturated heterocycles. The third-order valence-corrected chi connectivity index (χ3v) is 5.20. The Bertz CT molecular complexity index is 1180. The zero-order chi connectivity index (χ0) is 19.1. The van der Waals surface area contributed by atoms with Gasteiger partial charge in [-0.3, -0.25) is 4.79 Å². The molecule has 28 heavy (non-hydrogen) atoms. The number of fused-ring (bicyclic) bond motifs is 2. The Kier molecular flexibility index (Phi) is 3.83. The lowest BCUT2D eigenvalue weighted by atomic mass is 10.1. The number of nitrogens with one attached hydrogen (secondary N) is 1. The Morgan fingerprint density at radius 3 is 2.71 bits per heavy atom. The van der Waals surface area contributed by atoms with E-state index in [1.54, 1.807) is 16.6 Å². The van der Waals surface area contributed by atoms with Crippen molar-refractivity contribution in [1.82, 2.24) is 19.9 Å². The molecule has 6 heteroatoms. The molecule has 138 valence electrons. The van der Waals surface area contributed by atoms with Crippen molar-refractivity contribution >= 4 is 17.4 Å². The number of nitrogens with two attached hydrogens (primary N) is 1. The molecular formula is C22H19N5O. The van der Waals surface area contributed by atoms with Gasteiger partial charge in [0.1, 0.15) is 5.82 Å². The van der Waals surface area contributed by atoms with E-state index in [-0.39, 0.29) is 11.9 Å². The second kappa shape index (κ2) is 6.49. The number of hydrogen-bond donors (Lipinski definition) is 2. The van der Waals surface area contributed by atoms with E-state index in [0.29, 0.717) is 22.9 Å². The molecule has 0 fully saturated rings. The minimum Gasteiger partial charge on any atom is -0.384 e. The summed E-state index contributed by atoms with van der Waals surface area (Å²) in [7, 11) is 0. The van der Waals surface area contributed by atoms with Gasteiger partial charge in [0.25, 0.3) is 5.91 Å².